The van der Waals surface area contributed by atoms with E-state index in [0.717, 1.165) is 10.0 Å². The predicted octanol–water partition coefficient (Wildman–Crippen LogP) is 2.71. The largest absolute Gasteiger partial charge is 0.324 e. The van der Waals surface area contributed by atoms with Crippen molar-refractivity contribution < 1.29 is 0 Å². The molecule has 0 spiro atoms. The smallest absolute Gasteiger partial charge is 0.0410 e. The highest BCUT2D eigenvalue weighted by atomic mass is 79.9. The van der Waals surface area contributed by atoms with Gasteiger partial charge in [-0.2, -0.15) is 0 Å². The molecule has 0 fully saturated rings. The third kappa shape index (κ3) is 4.26. The van der Waals surface area contributed by atoms with Crippen molar-refractivity contribution in [3.05, 3.63) is 28.5 Å². The van der Waals surface area contributed by atoms with Crippen LogP contribution in [0.5, 0.6) is 0 Å². The van der Waals surface area contributed by atoms with Gasteiger partial charge in [0.1, 0.15) is 0 Å². The van der Waals surface area contributed by atoms with E-state index < -0.39 is 0 Å². The lowest BCUT2D eigenvalue weighted by atomic mass is 10.2. The molecule has 1 atom stereocenters. The van der Waals surface area contributed by atoms with Crippen LogP contribution in [-0.2, 0) is 0 Å². The Hall–Kier alpha value is 0.170. The quantitative estimate of drug-likeness (QED) is 0.855. The van der Waals surface area contributed by atoms with Crippen molar-refractivity contribution in [1.82, 2.24) is 4.98 Å². The molecule has 12 heavy (non-hydrogen) atoms. The standard InChI is InChI=1S/C7H9BrN2.2ClH/c1-5(9)6-2-7(8)4-10-3-6;;/h2-5H,9H2,1H3;2*1H/t5-;;/m0../s1. The van der Waals surface area contributed by atoms with Gasteiger partial charge in [0.25, 0.3) is 0 Å². The molecule has 0 saturated heterocycles. The molecule has 0 unspecified atom stereocenters. The lowest BCUT2D eigenvalue weighted by Gasteiger charge is -2.03. The number of nitrogens with two attached hydrogens (primary N) is 1. The molecule has 1 aromatic heterocycles. The van der Waals surface area contributed by atoms with E-state index in [4.69, 9.17) is 5.73 Å². The molecule has 0 aliphatic rings. The zero-order valence-electron chi connectivity index (χ0n) is 6.53. The summed E-state index contributed by atoms with van der Waals surface area (Å²) < 4.78 is 0.974. The number of pyridine rings is 1. The van der Waals surface area contributed by atoms with Crippen LogP contribution in [0.25, 0.3) is 0 Å². The highest BCUT2D eigenvalue weighted by Crippen LogP contribution is 2.13. The van der Waals surface area contributed by atoms with Gasteiger partial charge in [0.05, 0.1) is 0 Å². The Labute approximate surface area is 92.9 Å². The second-order valence-electron chi connectivity index (χ2n) is 2.23. The monoisotopic (exact) mass is 272 g/mol. The van der Waals surface area contributed by atoms with Gasteiger partial charge < -0.3 is 5.73 Å². The molecule has 0 amide bonds. The Kier molecular flexibility index (Phi) is 8.15. The summed E-state index contributed by atoms with van der Waals surface area (Å²) in [6, 6.07) is 2.03. The average molecular weight is 274 g/mol. The number of hydrogen-bond donors (Lipinski definition) is 1. The van der Waals surface area contributed by atoms with Crippen LogP contribution in [0.1, 0.15) is 18.5 Å². The van der Waals surface area contributed by atoms with Crippen molar-refractivity contribution in [2.75, 3.05) is 0 Å². The van der Waals surface area contributed by atoms with Crippen LogP contribution in [0.15, 0.2) is 22.9 Å². The number of halogens is 3. The molecule has 0 saturated carbocycles. The van der Waals surface area contributed by atoms with Crippen LogP contribution in [0.4, 0.5) is 0 Å². The van der Waals surface area contributed by atoms with E-state index in [1.54, 1.807) is 12.4 Å². The van der Waals surface area contributed by atoms with Crippen molar-refractivity contribution in [3.63, 3.8) is 0 Å². The highest BCUT2D eigenvalue weighted by molar-refractivity contribution is 9.10. The van der Waals surface area contributed by atoms with Crippen LogP contribution >= 0.6 is 40.7 Å². The van der Waals surface area contributed by atoms with Gasteiger partial charge in [-0.05, 0) is 34.5 Å². The summed E-state index contributed by atoms with van der Waals surface area (Å²) in [7, 11) is 0. The maximum absolute atomic E-state index is 5.62. The zero-order valence-corrected chi connectivity index (χ0v) is 9.75. The molecular weight excluding hydrogens is 263 g/mol. The fourth-order valence-electron chi connectivity index (χ4n) is 0.677. The predicted molar refractivity (Wildman–Crippen MR) is 59.0 cm³/mol. The number of nitrogens with zero attached hydrogens (tertiary/aromatic N) is 1. The Bertz CT molecular complexity index is 230. The Balaban J connectivity index is 0. The van der Waals surface area contributed by atoms with Gasteiger partial charge in [0, 0.05) is 22.9 Å². The highest BCUT2D eigenvalue weighted by Gasteiger charge is 1.98. The van der Waals surface area contributed by atoms with Crippen LogP contribution < -0.4 is 5.73 Å². The number of aromatic nitrogens is 1. The summed E-state index contributed by atoms with van der Waals surface area (Å²) in [6.07, 6.45) is 3.52. The molecule has 2 nitrogen and oxygen atoms in total. The summed E-state index contributed by atoms with van der Waals surface area (Å²) in [4.78, 5) is 3.98. The summed E-state index contributed by atoms with van der Waals surface area (Å²) >= 11 is 3.31. The van der Waals surface area contributed by atoms with Gasteiger partial charge in [-0.25, -0.2) is 0 Å². The van der Waals surface area contributed by atoms with Crippen molar-refractivity contribution >= 4 is 40.7 Å². The minimum Gasteiger partial charge on any atom is -0.324 e. The SMILES string of the molecule is C[C@H](N)c1cncc(Br)c1.Cl.Cl. The molecule has 2 N–H and O–H groups in total. The van der Waals surface area contributed by atoms with E-state index in [2.05, 4.69) is 20.9 Å². The molecular formula is C7H11BrCl2N2. The fourth-order valence-corrected chi connectivity index (χ4v) is 1.06. The first-order chi connectivity index (χ1) is 4.70. The summed E-state index contributed by atoms with van der Waals surface area (Å²) in [5, 5.41) is 0. The van der Waals surface area contributed by atoms with E-state index in [1.165, 1.54) is 0 Å². The molecule has 0 aromatic carbocycles. The molecule has 1 heterocycles. The van der Waals surface area contributed by atoms with E-state index in [9.17, 15) is 0 Å². The first kappa shape index (κ1) is 14.7. The lowest BCUT2D eigenvalue weighted by Crippen LogP contribution is -2.04. The summed E-state index contributed by atoms with van der Waals surface area (Å²) in [5.41, 5.74) is 6.67. The van der Waals surface area contributed by atoms with Crippen LogP contribution in [-0.4, -0.2) is 4.98 Å². The Morgan fingerprint density at radius 2 is 2.00 bits per heavy atom. The fraction of sp³-hybridized carbons (Fsp3) is 0.286. The van der Waals surface area contributed by atoms with Gasteiger partial charge in [0.2, 0.25) is 0 Å². The van der Waals surface area contributed by atoms with Crippen LogP contribution in [0.3, 0.4) is 0 Å². The molecule has 1 rings (SSSR count). The number of rotatable bonds is 1. The van der Waals surface area contributed by atoms with Crippen molar-refractivity contribution in [2.24, 2.45) is 5.73 Å². The molecule has 70 valence electrons. The van der Waals surface area contributed by atoms with Gasteiger partial charge in [-0.3, -0.25) is 4.98 Å². The minimum atomic E-state index is 0. The van der Waals surface area contributed by atoms with Crippen LogP contribution in [0, 0.1) is 0 Å². The molecule has 5 heteroatoms. The lowest BCUT2D eigenvalue weighted by molar-refractivity contribution is 0.810. The maximum Gasteiger partial charge on any atom is 0.0410 e. The van der Waals surface area contributed by atoms with Crippen molar-refractivity contribution in [2.45, 2.75) is 13.0 Å². The second kappa shape index (κ2) is 6.66. The maximum atomic E-state index is 5.62. The van der Waals surface area contributed by atoms with Crippen molar-refractivity contribution in [3.8, 4) is 0 Å². The third-order valence-corrected chi connectivity index (χ3v) is 1.69. The van der Waals surface area contributed by atoms with Gasteiger partial charge >= 0.3 is 0 Å². The normalized spacial score (nSPS) is 10.9. The van der Waals surface area contributed by atoms with Crippen LogP contribution in [0.2, 0.25) is 0 Å². The van der Waals surface area contributed by atoms with E-state index in [-0.39, 0.29) is 30.9 Å². The topological polar surface area (TPSA) is 38.9 Å². The van der Waals surface area contributed by atoms with Gasteiger partial charge in [-0.15, -0.1) is 24.8 Å². The van der Waals surface area contributed by atoms with Crippen molar-refractivity contribution in [1.29, 1.82) is 0 Å². The molecule has 0 aliphatic carbocycles. The first-order valence-corrected chi connectivity index (χ1v) is 3.85. The molecule has 0 aliphatic heterocycles. The summed E-state index contributed by atoms with van der Waals surface area (Å²) in [6.45, 7) is 1.93. The van der Waals surface area contributed by atoms with E-state index in [0.29, 0.717) is 0 Å². The van der Waals surface area contributed by atoms with Gasteiger partial charge in [0.15, 0.2) is 0 Å². The van der Waals surface area contributed by atoms with E-state index in [1.807, 2.05) is 13.0 Å². The molecule has 0 radical (unpaired) electrons. The Morgan fingerprint density at radius 1 is 1.42 bits per heavy atom. The Morgan fingerprint density at radius 3 is 2.33 bits per heavy atom. The zero-order chi connectivity index (χ0) is 7.56. The third-order valence-electron chi connectivity index (χ3n) is 1.25. The second-order valence-corrected chi connectivity index (χ2v) is 3.14. The van der Waals surface area contributed by atoms with Gasteiger partial charge in [-0.1, -0.05) is 0 Å². The molecule has 0 bridgehead atoms. The number of hydrogen-bond acceptors (Lipinski definition) is 2. The molecule has 1 aromatic rings. The summed E-state index contributed by atoms with van der Waals surface area (Å²) in [5.74, 6) is 0. The van der Waals surface area contributed by atoms with E-state index >= 15 is 0 Å². The first-order valence-electron chi connectivity index (χ1n) is 3.06. The average Bonchev–Trinajstić information content (AvgIpc) is 1.88. The minimum absolute atomic E-state index is 0.